The van der Waals surface area contributed by atoms with E-state index in [1.54, 1.807) is 12.1 Å². The number of rotatable bonds is 6. The van der Waals surface area contributed by atoms with Crippen LogP contribution in [0.3, 0.4) is 0 Å². The van der Waals surface area contributed by atoms with Gasteiger partial charge in [-0.3, -0.25) is 4.90 Å². The molecule has 2 aliphatic rings. The fraction of sp³-hybridized carbons (Fsp3) is 0.357. The van der Waals surface area contributed by atoms with Gasteiger partial charge in [0.1, 0.15) is 17.7 Å². The molecule has 2 aromatic carbocycles. The van der Waals surface area contributed by atoms with E-state index in [0.717, 1.165) is 19.5 Å². The molecule has 0 spiro atoms. The number of carbonyl (C=O) groups excluding carboxylic acids is 1. The summed E-state index contributed by atoms with van der Waals surface area (Å²) < 4.78 is 91.6. The number of amides is 1. The monoisotopic (exact) mass is 565 g/mol. The number of benzene rings is 2. The van der Waals surface area contributed by atoms with Crippen LogP contribution in [-0.4, -0.2) is 42.2 Å². The summed E-state index contributed by atoms with van der Waals surface area (Å²) in [5, 5.41) is 0. The van der Waals surface area contributed by atoms with Crippen LogP contribution in [0.15, 0.2) is 54.6 Å². The highest BCUT2D eigenvalue weighted by Gasteiger charge is 2.43. The topological polar surface area (TPSA) is 54.9 Å². The van der Waals surface area contributed by atoms with Crippen LogP contribution in [0.2, 0.25) is 0 Å². The normalized spacial score (nSPS) is 19.4. The molecule has 2 aliphatic heterocycles. The third-order valence-corrected chi connectivity index (χ3v) is 7.19. The highest BCUT2D eigenvalue weighted by atomic mass is 19.4. The number of carbonyl (C=O) groups is 1. The fourth-order valence-electron chi connectivity index (χ4n) is 4.91. The molecule has 0 saturated carbocycles. The third-order valence-electron chi connectivity index (χ3n) is 7.19. The summed E-state index contributed by atoms with van der Waals surface area (Å²) >= 11 is 0. The number of hydrogen-bond acceptors (Lipinski definition) is 5. The Morgan fingerprint density at radius 3 is 2.17 bits per heavy atom. The van der Waals surface area contributed by atoms with Gasteiger partial charge in [-0.05, 0) is 55.3 Å². The first-order valence-corrected chi connectivity index (χ1v) is 12.5. The van der Waals surface area contributed by atoms with Crippen LogP contribution >= 0.6 is 0 Å². The number of halogens is 6. The lowest BCUT2D eigenvalue weighted by atomic mass is 9.97. The summed E-state index contributed by atoms with van der Waals surface area (Å²) in [4.78, 5) is 21.1. The van der Waals surface area contributed by atoms with E-state index in [2.05, 4.69) is 4.90 Å². The van der Waals surface area contributed by atoms with Crippen LogP contribution in [-0.2, 0) is 23.6 Å². The fourth-order valence-corrected chi connectivity index (χ4v) is 4.91. The second kappa shape index (κ2) is 10.2. The summed E-state index contributed by atoms with van der Waals surface area (Å²) in [5.74, 6) is 1.27. The van der Waals surface area contributed by atoms with E-state index in [0.29, 0.717) is 40.5 Å². The largest absolute Gasteiger partial charge is 0.496 e. The predicted molar refractivity (Wildman–Crippen MR) is 134 cm³/mol. The zero-order chi connectivity index (χ0) is 28.8. The first-order valence-electron chi connectivity index (χ1n) is 12.5. The number of aromatic nitrogens is 1. The minimum atomic E-state index is -5.02. The molecular formula is C28H25F6N3O3. The summed E-state index contributed by atoms with van der Waals surface area (Å²) in [6.45, 7) is 3.07. The van der Waals surface area contributed by atoms with Gasteiger partial charge in [-0.1, -0.05) is 18.2 Å². The SMILES string of the molecule is COc1ccccc1-c1ccc(N2CCC2)nc1CN1C(=O)OC(c2cc(C(F)(F)F)cc(C(F)(F)F)c2)C1C. The van der Waals surface area contributed by atoms with Gasteiger partial charge in [-0.25, -0.2) is 9.78 Å². The van der Waals surface area contributed by atoms with Crippen molar-refractivity contribution in [2.24, 2.45) is 0 Å². The number of nitrogens with zero attached hydrogens (tertiary/aromatic N) is 3. The van der Waals surface area contributed by atoms with E-state index in [9.17, 15) is 31.1 Å². The maximum Gasteiger partial charge on any atom is 0.416 e. The highest BCUT2D eigenvalue weighted by molar-refractivity contribution is 5.75. The summed E-state index contributed by atoms with van der Waals surface area (Å²) in [6, 6.07) is 11.3. The first-order chi connectivity index (χ1) is 18.9. The number of ether oxygens (including phenoxy) is 2. The maximum atomic E-state index is 13.5. The molecule has 5 rings (SSSR count). The lowest BCUT2D eigenvalue weighted by molar-refractivity contribution is -0.143. The number of methoxy groups -OCH3 is 1. The number of alkyl halides is 6. The smallest absolute Gasteiger partial charge is 0.416 e. The zero-order valence-corrected chi connectivity index (χ0v) is 21.5. The van der Waals surface area contributed by atoms with E-state index in [-0.39, 0.29) is 12.6 Å². The van der Waals surface area contributed by atoms with Crippen LogP contribution in [0.25, 0.3) is 11.1 Å². The van der Waals surface area contributed by atoms with Gasteiger partial charge < -0.3 is 14.4 Å². The number of pyridine rings is 1. The molecule has 6 nitrogen and oxygen atoms in total. The molecule has 1 amide bonds. The molecule has 0 radical (unpaired) electrons. The van der Waals surface area contributed by atoms with Gasteiger partial charge in [-0.2, -0.15) is 26.3 Å². The predicted octanol–water partition coefficient (Wildman–Crippen LogP) is 7.09. The Kier molecular flexibility index (Phi) is 7.05. The number of hydrogen-bond donors (Lipinski definition) is 0. The van der Waals surface area contributed by atoms with Crippen molar-refractivity contribution >= 4 is 11.9 Å². The van der Waals surface area contributed by atoms with Crippen molar-refractivity contribution in [1.29, 1.82) is 0 Å². The van der Waals surface area contributed by atoms with Gasteiger partial charge in [0.05, 0.1) is 36.5 Å². The number of anilines is 1. The van der Waals surface area contributed by atoms with Gasteiger partial charge in [0, 0.05) is 24.2 Å². The number of para-hydroxylation sites is 1. The van der Waals surface area contributed by atoms with Gasteiger partial charge in [0.2, 0.25) is 0 Å². The maximum absolute atomic E-state index is 13.5. The van der Waals surface area contributed by atoms with Crippen molar-refractivity contribution in [3.63, 3.8) is 0 Å². The Balaban J connectivity index is 1.52. The summed E-state index contributed by atoms with van der Waals surface area (Å²) in [7, 11) is 1.52. The average Bonchev–Trinajstić information content (AvgIpc) is 3.15. The second-order valence-electron chi connectivity index (χ2n) is 9.72. The minimum Gasteiger partial charge on any atom is -0.496 e. The Labute approximate surface area is 226 Å². The molecule has 3 aromatic rings. The molecule has 12 heteroatoms. The minimum absolute atomic E-state index is 0.0490. The van der Waals surface area contributed by atoms with Crippen LogP contribution in [0.5, 0.6) is 5.75 Å². The summed E-state index contributed by atoms with van der Waals surface area (Å²) in [6.07, 6.45) is -11.3. The number of cyclic esters (lactones) is 1. The molecule has 0 aliphatic carbocycles. The van der Waals surface area contributed by atoms with Gasteiger partial charge in [0.25, 0.3) is 0 Å². The third kappa shape index (κ3) is 5.26. The molecule has 2 atom stereocenters. The Hall–Kier alpha value is -3.96. The van der Waals surface area contributed by atoms with E-state index in [4.69, 9.17) is 14.5 Å². The van der Waals surface area contributed by atoms with Crippen molar-refractivity contribution < 1.29 is 40.6 Å². The molecule has 3 heterocycles. The lowest BCUT2D eigenvalue weighted by Gasteiger charge is -2.33. The van der Waals surface area contributed by atoms with Crippen molar-refractivity contribution in [1.82, 2.24) is 9.88 Å². The molecule has 0 N–H and O–H groups in total. The van der Waals surface area contributed by atoms with E-state index in [1.807, 2.05) is 24.3 Å². The van der Waals surface area contributed by atoms with E-state index >= 15 is 0 Å². The Morgan fingerprint density at radius 1 is 0.950 bits per heavy atom. The van der Waals surface area contributed by atoms with Crippen molar-refractivity contribution in [3.05, 3.63) is 77.0 Å². The van der Waals surface area contributed by atoms with Gasteiger partial charge >= 0.3 is 18.4 Å². The second-order valence-corrected chi connectivity index (χ2v) is 9.72. The van der Waals surface area contributed by atoms with E-state index < -0.39 is 47.3 Å². The van der Waals surface area contributed by atoms with Crippen molar-refractivity contribution in [2.45, 2.75) is 44.4 Å². The first kappa shape index (κ1) is 27.6. The quantitative estimate of drug-likeness (QED) is 0.299. The van der Waals surface area contributed by atoms with E-state index in [1.165, 1.54) is 18.9 Å². The van der Waals surface area contributed by atoms with Gasteiger partial charge in [-0.15, -0.1) is 0 Å². The van der Waals surface area contributed by atoms with Crippen molar-refractivity contribution in [3.8, 4) is 16.9 Å². The molecule has 0 bridgehead atoms. The zero-order valence-electron chi connectivity index (χ0n) is 21.5. The Morgan fingerprint density at radius 2 is 1.60 bits per heavy atom. The molecule has 2 fully saturated rings. The molecule has 1 aromatic heterocycles. The lowest BCUT2D eigenvalue weighted by Crippen LogP contribution is -2.38. The molecule has 2 unspecified atom stereocenters. The van der Waals surface area contributed by atoms with Crippen LogP contribution in [0, 0.1) is 0 Å². The summed E-state index contributed by atoms with van der Waals surface area (Å²) in [5.41, 5.74) is -1.46. The molecular weight excluding hydrogens is 540 g/mol. The van der Waals surface area contributed by atoms with Crippen LogP contribution in [0.1, 0.15) is 41.8 Å². The van der Waals surface area contributed by atoms with Gasteiger partial charge in [0.15, 0.2) is 0 Å². The Bertz CT molecular complexity index is 1390. The van der Waals surface area contributed by atoms with Crippen molar-refractivity contribution in [2.75, 3.05) is 25.1 Å². The molecule has 40 heavy (non-hydrogen) atoms. The van der Waals surface area contributed by atoms with Crippen LogP contribution in [0.4, 0.5) is 37.0 Å². The van der Waals surface area contributed by atoms with Crippen LogP contribution < -0.4 is 9.64 Å². The highest BCUT2D eigenvalue weighted by Crippen LogP contribution is 2.42. The standard InChI is InChI=1S/C28H25F6N3O3/c1-16-25(17-12-18(27(29,30)31)14-19(13-17)28(32,33)34)40-26(38)37(16)15-22-20(21-6-3-4-7-23(21)39-2)8-9-24(35-22)36-10-5-11-36/h3-4,6-9,12-14,16,25H,5,10-11,15H2,1-2H3. The molecule has 2 saturated heterocycles. The average molecular weight is 566 g/mol. The molecule has 212 valence electrons.